The summed E-state index contributed by atoms with van der Waals surface area (Å²) in [5.74, 6) is 3.09. The van der Waals surface area contributed by atoms with Crippen LogP contribution in [0.2, 0.25) is 0 Å². The van der Waals surface area contributed by atoms with Gasteiger partial charge in [-0.2, -0.15) is 0 Å². The van der Waals surface area contributed by atoms with Crippen LogP contribution in [-0.4, -0.2) is 29.7 Å². The highest BCUT2D eigenvalue weighted by Crippen LogP contribution is 2.70. The van der Waals surface area contributed by atoms with Gasteiger partial charge in [0.15, 0.2) is 5.79 Å². The molecule has 166 valence electrons. The lowest BCUT2D eigenvalue weighted by Crippen LogP contribution is -2.52. The minimum absolute atomic E-state index is 0.113. The van der Waals surface area contributed by atoms with E-state index in [1.807, 2.05) is 0 Å². The third-order valence-electron chi connectivity index (χ3n) is 11.1. The van der Waals surface area contributed by atoms with E-state index >= 15 is 0 Å². The number of aliphatic hydroxyl groups excluding tert-OH is 1. The molecule has 6 rings (SSSR count). The lowest BCUT2D eigenvalue weighted by atomic mass is 9.47. The fourth-order valence-corrected chi connectivity index (χ4v) is 9.49. The highest BCUT2D eigenvalue weighted by Gasteiger charge is 2.68. The first kappa shape index (κ1) is 20.0. The number of hydrogen-bond acceptors (Lipinski definition) is 3. The van der Waals surface area contributed by atoms with Crippen LogP contribution in [-0.2, 0) is 9.47 Å². The first-order valence-corrected chi connectivity index (χ1v) is 12.6. The van der Waals surface area contributed by atoms with Crippen LogP contribution in [0.4, 0.5) is 0 Å². The molecule has 2 saturated heterocycles. The predicted octanol–water partition coefficient (Wildman–Crippen LogP) is 5.63. The topological polar surface area (TPSA) is 38.7 Å². The molecular weight excluding hydrogens is 372 g/mol. The molecule has 3 heteroatoms. The standard InChI is InChI=1S/C27H40O3/c1-16-7-12-27(29-15-16)17(2)24-23(30-27)14-22-20-6-5-18-13-19(28)8-10-25(18,3)21(20)9-11-26(22,24)4/h5,17,19-24,28H,1,6-15H2,2-4H3/t17-,19-,20+,21-,22-,23-,24-,25-,26-,27+/m0/s1. The second-order valence-electron chi connectivity index (χ2n) is 12.3. The summed E-state index contributed by atoms with van der Waals surface area (Å²) in [4.78, 5) is 0. The van der Waals surface area contributed by atoms with Crippen molar-refractivity contribution < 1.29 is 14.6 Å². The average Bonchev–Trinajstić information content (AvgIpc) is 3.16. The van der Waals surface area contributed by atoms with E-state index in [4.69, 9.17) is 9.47 Å². The second kappa shape index (κ2) is 6.45. The molecule has 30 heavy (non-hydrogen) atoms. The Morgan fingerprint density at radius 1 is 1.13 bits per heavy atom. The number of ether oxygens (including phenoxy) is 2. The zero-order chi connectivity index (χ0) is 20.9. The van der Waals surface area contributed by atoms with Gasteiger partial charge in [-0.05, 0) is 85.9 Å². The van der Waals surface area contributed by atoms with E-state index in [2.05, 4.69) is 33.4 Å². The van der Waals surface area contributed by atoms with Crippen molar-refractivity contribution in [3.63, 3.8) is 0 Å². The Bertz CT molecular complexity index is 775. The Morgan fingerprint density at radius 3 is 2.73 bits per heavy atom. The van der Waals surface area contributed by atoms with Crippen LogP contribution in [0.5, 0.6) is 0 Å². The van der Waals surface area contributed by atoms with Gasteiger partial charge in [0, 0.05) is 12.3 Å². The molecule has 0 aromatic rings. The molecule has 4 aliphatic carbocycles. The van der Waals surface area contributed by atoms with Crippen LogP contribution in [0.25, 0.3) is 0 Å². The maximum absolute atomic E-state index is 10.3. The third kappa shape index (κ3) is 2.49. The molecule has 0 unspecified atom stereocenters. The van der Waals surface area contributed by atoms with Gasteiger partial charge in [-0.15, -0.1) is 0 Å². The van der Waals surface area contributed by atoms with Gasteiger partial charge < -0.3 is 14.6 Å². The maximum atomic E-state index is 10.3. The zero-order valence-corrected chi connectivity index (χ0v) is 19.2. The summed E-state index contributed by atoms with van der Waals surface area (Å²) in [6.07, 6.45) is 13.0. The van der Waals surface area contributed by atoms with Gasteiger partial charge in [0.05, 0.1) is 18.8 Å². The summed E-state index contributed by atoms with van der Waals surface area (Å²) in [6.45, 7) is 12.4. The first-order chi connectivity index (χ1) is 14.3. The van der Waals surface area contributed by atoms with Gasteiger partial charge >= 0.3 is 0 Å². The van der Waals surface area contributed by atoms with Crippen molar-refractivity contribution in [2.75, 3.05) is 6.61 Å². The number of aliphatic hydroxyl groups is 1. The van der Waals surface area contributed by atoms with Crippen LogP contribution >= 0.6 is 0 Å². The number of hydrogen-bond donors (Lipinski definition) is 1. The third-order valence-corrected chi connectivity index (χ3v) is 11.1. The summed E-state index contributed by atoms with van der Waals surface area (Å²) >= 11 is 0. The van der Waals surface area contributed by atoms with E-state index in [-0.39, 0.29) is 11.9 Å². The maximum Gasteiger partial charge on any atom is 0.172 e. The summed E-state index contributed by atoms with van der Waals surface area (Å²) in [5.41, 5.74) is 3.49. The molecule has 0 aromatic carbocycles. The van der Waals surface area contributed by atoms with Crippen LogP contribution in [0.1, 0.15) is 78.6 Å². The molecule has 2 aliphatic heterocycles. The Morgan fingerprint density at radius 2 is 1.97 bits per heavy atom. The molecule has 0 amide bonds. The Labute approximate surface area is 182 Å². The molecule has 10 atom stereocenters. The normalized spacial score (nSPS) is 57.4. The Balaban J connectivity index is 1.29. The van der Waals surface area contributed by atoms with E-state index in [1.165, 1.54) is 37.7 Å². The summed E-state index contributed by atoms with van der Waals surface area (Å²) in [6, 6.07) is 0. The summed E-state index contributed by atoms with van der Waals surface area (Å²) < 4.78 is 13.2. The van der Waals surface area contributed by atoms with E-state index in [0.29, 0.717) is 35.4 Å². The van der Waals surface area contributed by atoms with E-state index in [1.54, 1.807) is 5.57 Å². The number of fused-ring (bicyclic) bond motifs is 7. The van der Waals surface area contributed by atoms with Gasteiger partial charge in [0.2, 0.25) is 0 Å². The molecule has 1 N–H and O–H groups in total. The van der Waals surface area contributed by atoms with Crippen molar-refractivity contribution in [3.8, 4) is 0 Å². The SMILES string of the molecule is C=C1CC[C@@]2(OC1)O[C@H]1C[C@H]3[C@@H]4CC=C5C[C@@H](O)CC[C@]5(C)[C@H]4CC[C@]3(C)[C@H]1[C@@H]2C. The van der Waals surface area contributed by atoms with E-state index < -0.39 is 0 Å². The largest absolute Gasteiger partial charge is 0.393 e. The van der Waals surface area contributed by atoms with Crippen LogP contribution in [0.15, 0.2) is 23.8 Å². The van der Waals surface area contributed by atoms with E-state index in [9.17, 15) is 5.11 Å². The average molecular weight is 413 g/mol. The molecular formula is C27H40O3. The highest BCUT2D eigenvalue weighted by molar-refractivity contribution is 5.26. The molecule has 6 aliphatic rings. The van der Waals surface area contributed by atoms with Crippen molar-refractivity contribution in [2.24, 2.45) is 40.4 Å². The van der Waals surface area contributed by atoms with Gasteiger partial charge in [0.25, 0.3) is 0 Å². The van der Waals surface area contributed by atoms with Crippen molar-refractivity contribution in [3.05, 3.63) is 23.8 Å². The molecule has 3 nitrogen and oxygen atoms in total. The monoisotopic (exact) mass is 412 g/mol. The molecule has 3 saturated carbocycles. The second-order valence-corrected chi connectivity index (χ2v) is 12.3. The molecule has 5 fully saturated rings. The van der Waals surface area contributed by atoms with Crippen molar-refractivity contribution in [2.45, 2.75) is 96.6 Å². The van der Waals surface area contributed by atoms with Crippen molar-refractivity contribution in [1.29, 1.82) is 0 Å². The van der Waals surface area contributed by atoms with E-state index in [0.717, 1.165) is 43.4 Å². The van der Waals surface area contributed by atoms with Crippen molar-refractivity contribution in [1.82, 2.24) is 0 Å². The minimum Gasteiger partial charge on any atom is -0.393 e. The first-order valence-electron chi connectivity index (χ1n) is 12.6. The molecule has 2 heterocycles. The summed E-state index contributed by atoms with van der Waals surface area (Å²) in [7, 11) is 0. The smallest absolute Gasteiger partial charge is 0.172 e. The van der Waals surface area contributed by atoms with Gasteiger partial charge in [-0.3, -0.25) is 0 Å². The predicted molar refractivity (Wildman–Crippen MR) is 118 cm³/mol. The van der Waals surface area contributed by atoms with Crippen LogP contribution < -0.4 is 0 Å². The van der Waals surface area contributed by atoms with Crippen LogP contribution in [0.3, 0.4) is 0 Å². The van der Waals surface area contributed by atoms with Gasteiger partial charge in [-0.1, -0.05) is 44.6 Å². The Kier molecular flexibility index (Phi) is 4.30. The zero-order valence-electron chi connectivity index (χ0n) is 19.2. The number of allylic oxidation sites excluding steroid dienone is 1. The fourth-order valence-electron chi connectivity index (χ4n) is 9.49. The lowest BCUT2D eigenvalue weighted by Gasteiger charge is -2.58. The number of rotatable bonds is 0. The molecule has 0 bridgehead atoms. The highest BCUT2D eigenvalue weighted by atomic mass is 16.7. The Hall–Kier alpha value is -0.640. The van der Waals surface area contributed by atoms with Crippen LogP contribution in [0, 0.1) is 40.4 Å². The molecule has 1 spiro atoms. The van der Waals surface area contributed by atoms with Gasteiger partial charge in [0.1, 0.15) is 0 Å². The van der Waals surface area contributed by atoms with Crippen molar-refractivity contribution >= 4 is 0 Å². The minimum atomic E-state index is -0.355. The van der Waals surface area contributed by atoms with Gasteiger partial charge in [-0.25, -0.2) is 0 Å². The molecule has 0 radical (unpaired) electrons. The quantitative estimate of drug-likeness (QED) is 0.524. The summed E-state index contributed by atoms with van der Waals surface area (Å²) in [5, 5.41) is 10.3. The fraction of sp³-hybridized carbons (Fsp3) is 0.852. The molecule has 0 aromatic heterocycles. The lowest BCUT2D eigenvalue weighted by molar-refractivity contribution is -0.255.